The second kappa shape index (κ2) is 7.11. The normalized spacial score (nSPS) is 13.1. The standard InChI is InChI=1S/C19H17BrN2O3/c1-2-18(24)21-13-6-7-17(23)14(10-13)19(25)22-9-8-12-4-3-5-16(20)15(12)11-22/h2-7,10,23H,1,8-9,11H2,(H,21,24). The predicted octanol–water partition coefficient (Wildman–Crippen LogP) is 3.48. The number of hydrogen-bond donors (Lipinski definition) is 2. The van der Waals surface area contributed by atoms with E-state index in [9.17, 15) is 14.7 Å². The minimum atomic E-state index is -0.375. The molecule has 0 fully saturated rings. The second-order valence-electron chi connectivity index (χ2n) is 5.78. The van der Waals surface area contributed by atoms with Gasteiger partial charge >= 0.3 is 0 Å². The van der Waals surface area contributed by atoms with Crippen LogP contribution in [-0.4, -0.2) is 28.4 Å². The summed E-state index contributed by atoms with van der Waals surface area (Å²) in [6.07, 6.45) is 1.90. The number of halogens is 1. The summed E-state index contributed by atoms with van der Waals surface area (Å²) >= 11 is 3.53. The van der Waals surface area contributed by atoms with E-state index in [0.717, 1.165) is 22.5 Å². The van der Waals surface area contributed by atoms with Crippen LogP contribution in [0.15, 0.2) is 53.5 Å². The number of nitrogens with one attached hydrogen (secondary N) is 1. The third kappa shape index (κ3) is 3.58. The van der Waals surface area contributed by atoms with Gasteiger partial charge in [-0.1, -0.05) is 34.6 Å². The molecule has 0 unspecified atom stereocenters. The molecule has 0 saturated heterocycles. The lowest BCUT2D eigenvalue weighted by atomic mass is 9.99. The summed E-state index contributed by atoms with van der Waals surface area (Å²) < 4.78 is 0.971. The van der Waals surface area contributed by atoms with Crippen LogP contribution in [0.2, 0.25) is 0 Å². The van der Waals surface area contributed by atoms with Crippen molar-refractivity contribution in [3.63, 3.8) is 0 Å². The summed E-state index contributed by atoms with van der Waals surface area (Å²) in [7, 11) is 0. The summed E-state index contributed by atoms with van der Waals surface area (Å²) in [5, 5.41) is 12.7. The van der Waals surface area contributed by atoms with Crippen molar-refractivity contribution in [2.75, 3.05) is 11.9 Å². The molecule has 5 nitrogen and oxygen atoms in total. The highest BCUT2D eigenvalue weighted by atomic mass is 79.9. The van der Waals surface area contributed by atoms with E-state index in [1.165, 1.54) is 23.8 Å². The molecule has 1 heterocycles. The number of anilines is 1. The maximum absolute atomic E-state index is 12.9. The minimum absolute atomic E-state index is 0.112. The number of carbonyl (C=O) groups excluding carboxylic acids is 2. The van der Waals surface area contributed by atoms with Crippen LogP contribution in [0.5, 0.6) is 5.75 Å². The maximum atomic E-state index is 12.9. The van der Waals surface area contributed by atoms with Crippen molar-refractivity contribution in [2.24, 2.45) is 0 Å². The number of fused-ring (bicyclic) bond motifs is 1. The molecule has 2 aromatic rings. The first-order valence-corrected chi connectivity index (χ1v) is 8.61. The molecule has 25 heavy (non-hydrogen) atoms. The Bertz CT molecular complexity index is 864. The lowest BCUT2D eigenvalue weighted by Gasteiger charge is -2.30. The molecule has 0 saturated carbocycles. The van der Waals surface area contributed by atoms with E-state index >= 15 is 0 Å². The smallest absolute Gasteiger partial charge is 0.257 e. The van der Waals surface area contributed by atoms with Crippen molar-refractivity contribution in [1.29, 1.82) is 0 Å². The van der Waals surface area contributed by atoms with Gasteiger partial charge in [0.2, 0.25) is 5.91 Å². The summed E-state index contributed by atoms with van der Waals surface area (Å²) in [5.41, 5.74) is 2.90. The Morgan fingerprint density at radius 2 is 2.08 bits per heavy atom. The molecule has 0 spiro atoms. The van der Waals surface area contributed by atoms with Gasteiger partial charge in [-0.3, -0.25) is 9.59 Å². The highest BCUT2D eigenvalue weighted by molar-refractivity contribution is 9.10. The van der Waals surface area contributed by atoms with Gasteiger partial charge in [-0.05, 0) is 47.9 Å². The molecule has 0 aromatic heterocycles. The van der Waals surface area contributed by atoms with Crippen LogP contribution in [0.25, 0.3) is 0 Å². The Kier molecular flexibility index (Phi) is 4.90. The average Bonchev–Trinajstić information content (AvgIpc) is 2.62. The van der Waals surface area contributed by atoms with Crippen LogP contribution in [-0.2, 0) is 17.8 Å². The van der Waals surface area contributed by atoms with E-state index in [4.69, 9.17) is 0 Å². The number of amides is 2. The fourth-order valence-corrected chi connectivity index (χ4v) is 3.39. The van der Waals surface area contributed by atoms with Gasteiger partial charge < -0.3 is 15.3 Å². The molecular weight excluding hydrogens is 384 g/mol. The first kappa shape index (κ1) is 17.2. The second-order valence-corrected chi connectivity index (χ2v) is 6.63. The summed E-state index contributed by atoms with van der Waals surface area (Å²) in [4.78, 5) is 26.0. The summed E-state index contributed by atoms with van der Waals surface area (Å²) in [6.45, 7) is 4.44. The third-order valence-corrected chi connectivity index (χ3v) is 4.93. The van der Waals surface area contributed by atoms with Gasteiger partial charge in [0.15, 0.2) is 0 Å². The molecule has 1 aliphatic heterocycles. The van der Waals surface area contributed by atoms with Crippen molar-refractivity contribution in [1.82, 2.24) is 4.90 Å². The fraction of sp³-hybridized carbons (Fsp3) is 0.158. The third-order valence-electron chi connectivity index (χ3n) is 4.18. The molecule has 2 N–H and O–H groups in total. The maximum Gasteiger partial charge on any atom is 0.257 e. The summed E-state index contributed by atoms with van der Waals surface area (Å²) in [6, 6.07) is 10.4. The van der Waals surface area contributed by atoms with Gasteiger partial charge in [-0.25, -0.2) is 0 Å². The van der Waals surface area contributed by atoms with Crippen LogP contribution < -0.4 is 5.32 Å². The zero-order valence-corrected chi connectivity index (χ0v) is 15.0. The van der Waals surface area contributed by atoms with Crippen LogP contribution in [0, 0.1) is 0 Å². The zero-order valence-electron chi connectivity index (χ0n) is 13.5. The molecule has 1 aliphatic rings. The Balaban J connectivity index is 1.86. The van der Waals surface area contributed by atoms with Gasteiger partial charge in [0, 0.05) is 23.2 Å². The Morgan fingerprint density at radius 1 is 1.28 bits per heavy atom. The monoisotopic (exact) mass is 400 g/mol. The van der Waals surface area contributed by atoms with Crippen molar-refractivity contribution >= 4 is 33.4 Å². The Morgan fingerprint density at radius 3 is 2.84 bits per heavy atom. The average molecular weight is 401 g/mol. The number of rotatable bonds is 3. The number of benzene rings is 2. The number of aromatic hydroxyl groups is 1. The van der Waals surface area contributed by atoms with E-state index in [1.54, 1.807) is 4.90 Å². The lowest BCUT2D eigenvalue weighted by molar-refractivity contribution is -0.111. The fourth-order valence-electron chi connectivity index (χ4n) is 2.86. The van der Waals surface area contributed by atoms with Crippen LogP contribution in [0.1, 0.15) is 21.5 Å². The quantitative estimate of drug-likeness (QED) is 0.611. The molecule has 128 valence electrons. The SMILES string of the molecule is C=CC(=O)Nc1ccc(O)c(C(=O)N2CCc3cccc(Br)c3C2)c1. The number of nitrogens with zero attached hydrogens (tertiary/aromatic N) is 1. The van der Waals surface area contributed by atoms with E-state index in [-0.39, 0.29) is 23.1 Å². The van der Waals surface area contributed by atoms with E-state index in [2.05, 4.69) is 33.9 Å². The number of carbonyl (C=O) groups is 2. The van der Waals surface area contributed by atoms with E-state index in [1.807, 2.05) is 12.1 Å². The van der Waals surface area contributed by atoms with Crippen LogP contribution in [0.3, 0.4) is 0 Å². The highest BCUT2D eigenvalue weighted by Crippen LogP contribution is 2.29. The Hall–Kier alpha value is -2.60. The van der Waals surface area contributed by atoms with Crippen molar-refractivity contribution in [3.05, 3.63) is 70.2 Å². The molecular formula is C19H17BrN2O3. The van der Waals surface area contributed by atoms with Crippen LogP contribution in [0.4, 0.5) is 5.69 Å². The molecule has 0 aliphatic carbocycles. The highest BCUT2D eigenvalue weighted by Gasteiger charge is 2.25. The molecule has 0 radical (unpaired) electrons. The number of phenols is 1. The van der Waals surface area contributed by atoms with Gasteiger partial charge in [0.25, 0.3) is 5.91 Å². The topological polar surface area (TPSA) is 69.6 Å². The number of phenolic OH excluding ortho intramolecular Hbond substituents is 1. The van der Waals surface area contributed by atoms with Crippen molar-refractivity contribution < 1.29 is 14.7 Å². The first-order chi connectivity index (χ1) is 12.0. The molecule has 0 bridgehead atoms. The lowest BCUT2D eigenvalue weighted by Crippen LogP contribution is -2.36. The van der Waals surface area contributed by atoms with Gasteiger partial charge in [0.1, 0.15) is 5.75 Å². The first-order valence-electron chi connectivity index (χ1n) is 7.81. The molecule has 2 aromatic carbocycles. The van der Waals surface area contributed by atoms with Gasteiger partial charge in [-0.2, -0.15) is 0 Å². The summed E-state index contributed by atoms with van der Waals surface area (Å²) in [5.74, 6) is -0.756. The van der Waals surface area contributed by atoms with Gasteiger partial charge in [0.05, 0.1) is 5.56 Å². The number of hydrogen-bond acceptors (Lipinski definition) is 3. The zero-order chi connectivity index (χ0) is 18.0. The predicted molar refractivity (Wildman–Crippen MR) is 99.5 cm³/mol. The Labute approximate surface area is 154 Å². The van der Waals surface area contributed by atoms with Crippen LogP contribution >= 0.6 is 15.9 Å². The van der Waals surface area contributed by atoms with Gasteiger partial charge in [-0.15, -0.1) is 0 Å². The molecule has 3 rings (SSSR count). The molecule has 2 amide bonds. The van der Waals surface area contributed by atoms with Crippen molar-refractivity contribution in [2.45, 2.75) is 13.0 Å². The van der Waals surface area contributed by atoms with E-state index < -0.39 is 0 Å². The molecule has 0 atom stereocenters. The van der Waals surface area contributed by atoms with Crippen molar-refractivity contribution in [3.8, 4) is 5.75 Å². The largest absolute Gasteiger partial charge is 0.507 e. The van der Waals surface area contributed by atoms with E-state index in [0.29, 0.717) is 18.8 Å². The minimum Gasteiger partial charge on any atom is -0.507 e. The molecule has 6 heteroatoms.